The Morgan fingerprint density at radius 3 is 2.67 bits per heavy atom. The molecule has 1 aromatic heterocycles. The molecular formula is C16H19BrN2O2. The minimum atomic E-state index is 0.145. The van der Waals surface area contributed by atoms with Gasteiger partial charge in [-0.3, -0.25) is 0 Å². The van der Waals surface area contributed by atoms with E-state index in [1.165, 1.54) is 0 Å². The van der Waals surface area contributed by atoms with Crippen molar-refractivity contribution in [3.05, 3.63) is 52.3 Å². The third-order valence-corrected chi connectivity index (χ3v) is 3.71. The number of methoxy groups -OCH3 is 2. The highest BCUT2D eigenvalue weighted by molar-refractivity contribution is 9.10. The Hall–Kier alpha value is -1.59. The van der Waals surface area contributed by atoms with E-state index in [-0.39, 0.29) is 6.04 Å². The molecule has 1 aromatic carbocycles. The van der Waals surface area contributed by atoms with Gasteiger partial charge in [-0.2, -0.15) is 0 Å². The van der Waals surface area contributed by atoms with E-state index in [2.05, 4.69) is 33.2 Å². The van der Waals surface area contributed by atoms with E-state index in [0.717, 1.165) is 27.4 Å². The van der Waals surface area contributed by atoms with Crippen LogP contribution in [-0.4, -0.2) is 19.2 Å². The molecule has 0 bridgehead atoms. The molecule has 2 aromatic rings. The van der Waals surface area contributed by atoms with Crippen LogP contribution in [0.4, 0.5) is 0 Å². The number of benzene rings is 1. The predicted molar refractivity (Wildman–Crippen MR) is 86.7 cm³/mol. The Morgan fingerprint density at radius 1 is 1.19 bits per heavy atom. The molecule has 0 amide bonds. The Balaban J connectivity index is 2.07. The molecule has 21 heavy (non-hydrogen) atoms. The fourth-order valence-electron chi connectivity index (χ4n) is 2.09. The predicted octanol–water partition coefficient (Wildman–Crippen LogP) is 3.71. The highest BCUT2D eigenvalue weighted by atomic mass is 79.9. The lowest BCUT2D eigenvalue weighted by Crippen LogP contribution is -2.19. The lowest BCUT2D eigenvalue weighted by Gasteiger charge is -2.18. The lowest BCUT2D eigenvalue weighted by molar-refractivity contribution is 0.385. The molecule has 1 heterocycles. The molecule has 1 unspecified atom stereocenters. The molecule has 0 fully saturated rings. The van der Waals surface area contributed by atoms with Gasteiger partial charge in [0.2, 0.25) is 0 Å². The molecule has 0 radical (unpaired) electrons. The van der Waals surface area contributed by atoms with Gasteiger partial charge >= 0.3 is 0 Å². The average Bonchev–Trinajstić information content (AvgIpc) is 2.52. The summed E-state index contributed by atoms with van der Waals surface area (Å²) in [5, 5.41) is 3.45. The van der Waals surface area contributed by atoms with Gasteiger partial charge < -0.3 is 14.8 Å². The van der Waals surface area contributed by atoms with E-state index in [4.69, 9.17) is 9.47 Å². The summed E-state index contributed by atoms with van der Waals surface area (Å²) in [6, 6.07) is 11.9. The van der Waals surface area contributed by atoms with Crippen molar-refractivity contribution in [2.45, 2.75) is 19.5 Å². The smallest absolute Gasteiger partial charge is 0.127 e. The highest BCUT2D eigenvalue weighted by Crippen LogP contribution is 2.29. The molecule has 4 nitrogen and oxygen atoms in total. The largest absolute Gasteiger partial charge is 0.497 e. The summed E-state index contributed by atoms with van der Waals surface area (Å²) in [4.78, 5) is 4.41. The second-order valence-corrected chi connectivity index (χ2v) is 5.47. The molecule has 1 N–H and O–H groups in total. The van der Waals surface area contributed by atoms with Crippen LogP contribution in [0, 0.1) is 0 Å². The molecule has 112 valence electrons. The number of nitrogens with one attached hydrogen (secondary N) is 1. The zero-order valence-corrected chi connectivity index (χ0v) is 14.0. The van der Waals surface area contributed by atoms with Crippen LogP contribution in [0.5, 0.6) is 11.5 Å². The van der Waals surface area contributed by atoms with Crippen molar-refractivity contribution in [3.8, 4) is 11.5 Å². The van der Waals surface area contributed by atoms with Crippen LogP contribution >= 0.6 is 15.9 Å². The van der Waals surface area contributed by atoms with Gasteiger partial charge in [0, 0.05) is 24.2 Å². The summed E-state index contributed by atoms with van der Waals surface area (Å²) in [5.74, 6) is 1.60. The Labute approximate surface area is 133 Å². The lowest BCUT2D eigenvalue weighted by atomic mass is 10.1. The quantitative estimate of drug-likeness (QED) is 0.806. The maximum absolute atomic E-state index is 5.44. The van der Waals surface area contributed by atoms with Gasteiger partial charge in [-0.15, -0.1) is 0 Å². The summed E-state index contributed by atoms with van der Waals surface area (Å²) in [6.45, 7) is 2.79. The van der Waals surface area contributed by atoms with Crippen LogP contribution in [0.15, 0.2) is 41.0 Å². The van der Waals surface area contributed by atoms with Gasteiger partial charge in [0.05, 0.1) is 19.9 Å². The van der Waals surface area contributed by atoms with Crippen LogP contribution < -0.4 is 14.8 Å². The molecule has 2 rings (SSSR count). The number of hydrogen-bond donors (Lipinski definition) is 1. The van der Waals surface area contributed by atoms with Gasteiger partial charge in [-0.1, -0.05) is 12.1 Å². The molecular weight excluding hydrogens is 332 g/mol. The van der Waals surface area contributed by atoms with Crippen molar-refractivity contribution in [2.24, 2.45) is 0 Å². The molecule has 0 saturated carbocycles. The molecule has 0 aliphatic rings. The number of aromatic nitrogens is 1. The standard InChI is InChI=1S/C16H19BrN2O2/c1-11(18-10-12-5-4-6-16(17)19-12)14-8-7-13(20-2)9-15(14)21-3/h4-9,11,18H,10H2,1-3H3. The second kappa shape index (κ2) is 7.43. The fourth-order valence-corrected chi connectivity index (χ4v) is 2.47. The number of hydrogen-bond acceptors (Lipinski definition) is 4. The number of ether oxygens (including phenoxy) is 2. The van der Waals surface area contributed by atoms with E-state index in [0.29, 0.717) is 6.54 Å². The zero-order valence-electron chi connectivity index (χ0n) is 12.4. The molecule has 5 heteroatoms. The first-order valence-corrected chi connectivity index (χ1v) is 7.50. The van der Waals surface area contributed by atoms with Crippen molar-refractivity contribution < 1.29 is 9.47 Å². The van der Waals surface area contributed by atoms with E-state index in [9.17, 15) is 0 Å². The van der Waals surface area contributed by atoms with E-state index in [1.807, 2.05) is 36.4 Å². The first-order chi connectivity index (χ1) is 10.1. The van der Waals surface area contributed by atoms with Crippen molar-refractivity contribution in [1.82, 2.24) is 10.3 Å². The number of rotatable bonds is 6. The summed E-state index contributed by atoms with van der Waals surface area (Å²) >= 11 is 3.38. The van der Waals surface area contributed by atoms with Gasteiger partial charge in [-0.25, -0.2) is 4.98 Å². The fraction of sp³-hybridized carbons (Fsp3) is 0.312. The van der Waals surface area contributed by atoms with Crippen molar-refractivity contribution in [1.29, 1.82) is 0 Å². The first kappa shape index (κ1) is 15.8. The van der Waals surface area contributed by atoms with Crippen LogP contribution in [0.1, 0.15) is 24.2 Å². The van der Waals surface area contributed by atoms with Crippen molar-refractivity contribution in [3.63, 3.8) is 0 Å². The van der Waals surface area contributed by atoms with E-state index in [1.54, 1.807) is 14.2 Å². The zero-order chi connectivity index (χ0) is 15.2. The third kappa shape index (κ3) is 4.19. The van der Waals surface area contributed by atoms with Gasteiger partial charge in [0.1, 0.15) is 16.1 Å². The first-order valence-electron chi connectivity index (χ1n) is 6.70. The van der Waals surface area contributed by atoms with Crippen LogP contribution in [-0.2, 0) is 6.54 Å². The summed E-state index contributed by atoms with van der Waals surface area (Å²) in [7, 11) is 3.32. The monoisotopic (exact) mass is 350 g/mol. The highest BCUT2D eigenvalue weighted by Gasteiger charge is 2.12. The molecule has 0 aliphatic heterocycles. The van der Waals surface area contributed by atoms with Crippen molar-refractivity contribution in [2.75, 3.05) is 14.2 Å². The number of halogens is 1. The second-order valence-electron chi connectivity index (χ2n) is 4.66. The van der Waals surface area contributed by atoms with Crippen LogP contribution in [0.3, 0.4) is 0 Å². The number of pyridine rings is 1. The van der Waals surface area contributed by atoms with E-state index < -0.39 is 0 Å². The Bertz CT molecular complexity index is 605. The maximum atomic E-state index is 5.44. The Kier molecular flexibility index (Phi) is 5.59. The van der Waals surface area contributed by atoms with Crippen LogP contribution in [0.25, 0.3) is 0 Å². The molecule has 0 saturated heterocycles. The third-order valence-electron chi connectivity index (χ3n) is 3.27. The molecule has 0 aliphatic carbocycles. The van der Waals surface area contributed by atoms with Crippen molar-refractivity contribution >= 4 is 15.9 Å². The normalized spacial score (nSPS) is 12.0. The van der Waals surface area contributed by atoms with Gasteiger partial charge in [-0.05, 0) is 41.1 Å². The minimum Gasteiger partial charge on any atom is -0.497 e. The van der Waals surface area contributed by atoms with Crippen LogP contribution in [0.2, 0.25) is 0 Å². The minimum absolute atomic E-state index is 0.145. The molecule has 0 spiro atoms. The maximum Gasteiger partial charge on any atom is 0.127 e. The summed E-state index contributed by atoms with van der Waals surface area (Å²) in [5.41, 5.74) is 2.08. The summed E-state index contributed by atoms with van der Waals surface area (Å²) in [6.07, 6.45) is 0. The topological polar surface area (TPSA) is 43.4 Å². The average molecular weight is 351 g/mol. The summed E-state index contributed by atoms with van der Waals surface area (Å²) < 4.78 is 11.5. The SMILES string of the molecule is COc1ccc(C(C)NCc2cccc(Br)n2)c(OC)c1. The molecule has 1 atom stereocenters. The number of nitrogens with zero attached hydrogens (tertiary/aromatic N) is 1. The van der Waals surface area contributed by atoms with Gasteiger partial charge in [0.15, 0.2) is 0 Å². The Morgan fingerprint density at radius 2 is 2.00 bits per heavy atom. The van der Waals surface area contributed by atoms with Gasteiger partial charge in [0.25, 0.3) is 0 Å². The van der Waals surface area contributed by atoms with E-state index >= 15 is 0 Å².